The summed E-state index contributed by atoms with van der Waals surface area (Å²) in [6.07, 6.45) is 3.32. The third-order valence-electron chi connectivity index (χ3n) is 5.66. The molecule has 0 spiro atoms. The van der Waals surface area contributed by atoms with Crippen LogP contribution in [0.3, 0.4) is 0 Å². The van der Waals surface area contributed by atoms with Crippen molar-refractivity contribution in [2.24, 2.45) is 0 Å². The second kappa shape index (κ2) is 7.29. The Morgan fingerprint density at radius 3 is 2.33 bits per heavy atom. The van der Waals surface area contributed by atoms with E-state index in [1.165, 1.54) is 34.4 Å². The first kappa shape index (κ1) is 19.3. The van der Waals surface area contributed by atoms with Crippen molar-refractivity contribution < 1.29 is 4.79 Å². The van der Waals surface area contributed by atoms with Crippen LogP contribution >= 0.6 is 0 Å². The van der Waals surface area contributed by atoms with Gasteiger partial charge in [0.1, 0.15) is 5.69 Å². The van der Waals surface area contributed by atoms with Crippen LogP contribution in [0, 0.1) is 0 Å². The number of carbonyl (C=O) groups excluding carboxylic acids is 1. The van der Waals surface area contributed by atoms with Crippen LogP contribution in [0.4, 0.5) is 0 Å². The molecule has 0 unspecified atom stereocenters. The molecule has 144 valence electrons. The van der Waals surface area contributed by atoms with Crippen molar-refractivity contribution in [3.8, 4) is 0 Å². The van der Waals surface area contributed by atoms with Crippen molar-refractivity contribution in [3.05, 3.63) is 63.6 Å². The Balaban J connectivity index is 1.73. The first-order valence-corrected chi connectivity index (χ1v) is 9.73. The molecule has 0 saturated heterocycles. The largest absolute Gasteiger partial charge is 0.350 e. The highest BCUT2D eigenvalue weighted by molar-refractivity contribution is 5.92. The number of benzene rings is 1. The molecule has 1 fully saturated rings. The Hall–Kier alpha value is -2.43. The average molecular weight is 367 g/mol. The number of aromatic nitrogens is 2. The standard InChI is InChI=1S/C22H29N3O2/c1-5-25-19(26)12-11-18(24-25)20(27)23-15-22(13-6-14-22)17-9-7-16(8-10-17)21(2,3)4/h7-12H,5-6,13-15H2,1-4H3,(H,23,27). The van der Waals surface area contributed by atoms with Gasteiger partial charge in [-0.05, 0) is 42.4 Å². The summed E-state index contributed by atoms with van der Waals surface area (Å²) in [7, 11) is 0. The van der Waals surface area contributed by atoms with Gasteiger partial charge in [0.05, 0.1) is 0 Å². The molecule has 0 atom stereocenters. The van der Waals surface area contributed by atoms with Crippen LogP contribution in [-0.4, -0.2) is 22.2 Å². The van der Waals surface area contributed by atoms with Crippen molar-refractivity contribution in [1.82, 2.24) is 15.1 Å². The molecule has 1 N–H and O–H groups in total. The highest BCUT2D eigenvalue weighted by Crippen LogP contribution is 2.43. The zero-order valence-electron chi connectivity index (χ0n) is 16.7. The summed E-state index contributed by atoms with van der Waals surface area (Å²) < 4.78 is 1.30. The van der Waals surface area contributed by atoms with Crippen LogP contribution in [0.15, 0.2) is 41.2 Å². The zero-order valence-corrected chi connectivity index (χ0v) is 16.7. The van der Waals surface area contributed by atoms with E-state index < -0.39 is 0 Å². The quantitative estimate of drug-likeness (QED) is 0.881. The van der Waals surface area contributed by atoms with Crippen LogP contribution in [0.2, 0.25) is 0 Å². The zero-order chi connectivity index (χ0) is 19.7. The second-order valence-electron chi connectivity index (χ2n) is 8.52. The highest BCUT2D eigenvalue weighted by Gasteiger charge is 2.39. The van der Waals surface area contributed by atoms with Gasteiger partial charge in [-0.1, -0.05) is 51.5 Å². The smallest absolute Gasteiger partial charge is 0.271 e. The lowest BCUT2D eigenvalue weighted by atomic mass is 9.64. The first-order valence-electron chi connectivity index (χ1n) is 9.73. The number of aryl methyl sites for hydroxylation is 1. The minimum Gasteiger partial charge on any atom is -0.350 e. The molecule has 1 aliphatic carbocycles. The van der Waals surface area contributed by atoms with E-state index in [2.05, 4.69) is 55.5 Å². The van der Waals surface area contributed by atoms with Gasteiger partial charge in [-0.25, -0.2) is 4.68 Å². The Morgan fingerprint density at radius 2 is 1.81 bits per heavy atom. The molecule has 2 aromatic rings. The maximum Gasteiger partial charge on any atom is 0.271 e. The predicted molar refractivity (Wildman–Crippen MR) is 107 cm³/mol. The summed E-state index contributed by atoms with van der Waals surface area (Å²) in [5, 5.41) is 7.18. The Kier molecular flexibility index (Phi) is 5.22. The van der Waals surface area contributed by atoms with E-state index in [9.17, 15) is 9.59 Å². The van der Waals surface area contributed by atoms with Crippen molar-refractivity contribution >= 4 is 5.91 Å². The van der Waals surface area contributed by atoms with Gasteiger partial charge in [-0.2, -0.15) is 5.10 Å². The van der Waals surface area contributed by atoms with Gasteiger partial charge >= 0.3 is 0 Å². The van der Waals surface area contributed by atoms with E-state index in [1.54, 1.807) is 0 Å². The fourth-order valence-electron chi connectivity index (χ4n) is 3.63. The Morgan fingerprint density at radius 1 is 1.15 bits per heavy atom. The molecule has 1 saturated carbocycles. The summed E-state index contributed by atoms with van der Waals surface area (Å²) in [6, 6.07) is 11.7. The molecule has 27 heavy (non-hydrogen) atoms. The maximum absolute atomic E-state index is 12.5. The molecule has 5 heteroatoms. The fraction of sp³-hybridized carbons (Fsp3) is 0.500. The average Bonchev–Trinajstić information content (AvgIpc) is 2.60. The Bertz CT molecular complexity index is 872. The number of amides is 1. The van der Waals surface area contributed by atoms with Gasteiger partial charge in [-0.15, -0.1) is 0 Å². The topological polar surface area (TPSA) is 64.0 Å². The van der Waals surface area contributed by atoms with E-state index in [1.807, 2.05) is 6.92 Å². The second-order valence-corrected chi connectivity index (χ2v) is 8.52. The summed E-state index contributed by atoms with van der Waals surface area (Å²) in [5.74, 6) is -0.227. The van der Waals surface area contributed by atoms with Crippen LogP contribution in [-0.2, 0) is 17.4 Å². The molecule has 1 aliphatic rings. The number of nitrogens with zero attached hydrogens (tertiary/aromatic N) is 2. The van der Waals surface area contributed by atoms with Gasteiger partial charge < -0.3 is 5.32 Å². The number of hydrogen-bond donors (Lipinski definition) is 1. The molecule has 1 aromatic heterocycles. The van der Waals surface area contributed by atoms with Crippen LogP contribution in [0.25, 0.3) is 0 Å². The summed E-state index contributed by atoms with van der Waals surface area (Å²) in [5.41, 5.74) is 2.83. The van der Waals surface area contributed by atoms with Crippen LogP contribution < -0.4 is 10.9 Å². The van der Waals surface area contributed by atoms with Crippen molar-refractivity contribution in [2.45, 2.75) is 64.3 Å². The van der Waals surface area contributed by atoms with E-state index >= 15 is 0 Å². The molecular weight excluding hydrogens is 338 g/mol. The number of hydrogen-bond acceptors (Lipinski definition) is 3. The minimum absolute atomic E-state index is 0.00524. The molecule has 3 rings (SSSR count). The molecule has 0 radical (unpaired) electrons. The lowest BCUT2D eigenvalue weighted by Gasteiger charge is -2.43. The van der Waals surface area contributed by atoms with E-state index in [0.717, 1.165) is 12.8 Å². The lowest BCUT2D eigenvalue weighted by molar-refractivity contribution is 0.0920. The van der Waals surface area contributed by atoms with E-state index in [0.29, 0.717) is 13.1 Å². The lowest BCUT2D eigenvalue weighted by Crippen LogP contribution is -2.46. The third-order valence-corrected chi connectivity index (χ3v) is 5.66. The predicted octanol–water partition coefficient (Wildman–Crippen LogP) is 3.41. The molecule has 1 heterocycles. The molecule has 0 bridgehead atoms. The molecule has 0 aliphatic heterocycles. The van der Waals surface area contributed by atoms with Crippen molar-refractivity contribution in [3.63, 3.8) is 0 Å². The Labute approximate surface area is 160 Å². The number of rotatable bonds is 5. The first-order chi connectivity index (χ1) is 12.7. The SMILES string of the molecule is CCn1nc(C(=O)NCC2(c3ccc(C(C)(C)C)cc3)CCC2)ccc1=O. The summed E-state index contributed by atoms with van der Waals surface area (Å²) in [6.45, 7) is 9.51. The van der Waals surface area contributed by atoms with Crippen molar-refractivity contribution in [2.75, 3.05) is 6.54 Å². The van der Waals surface area contributed by atoms with Gasteiger partial charge in [0.15, 0.2) is 0 Å². The highest BCUT2D eigenvalue weighted by atomic mass is 16.2. The molecule has 1 amide bonds. The summed E-state index contributed by atoms with van der Waals surface area (Å²) >= 11 is 0. The van der Waals surface area contributed by atoms with Gasteiger partial charge in [-0.3, -0.25) is 9.59 Å². The fourth-order valence-corrected chi connectivity index (χ4v) is 3.63. The third kappa shape index (κ3) is 3.97. The minimum atomic E-state index is -0.227. The van der Waals surface area contributed by atoms with E-state index in [-0.39, 0.29) is 28.0 Å². The monoisotopic (exact) mass is 367 g/mol. The van der Waals surface area contributed by atoms with E-state index in [4.69, 9.17) is 0 Å². The van der Waals surface area contributed by atoms with Crippen molar-refractivity contribution in [1.29, 1.82) is 0 Å². The number of carbonyl (C=O) groups is 1. The van der Waals surface area contributed by atoms with Gasteiger partial charge in [0.25, 0.3) is 11.5 Å². The normalized spacial score (nSPS) is 15.9. The molecule has 1 aromatic carbocycles. The summed E-state index contributed by atoms with van der Waals surface area (Å²) in [4.78, 5) is 24.2. The van der Waals surface area contributed by atoms with Gasteiger partial charge in [0, 0.05) is 24.6 Å². The number of nitrogens with one attached hydrogen (secondary N) is 1. The maximum atomic E-state index is 12.5. The van der Waals surface area contributed by atoms with Crippen LogP contribution in [0.1, 0.15) is 68.6 Å². The van der Waals surface area contributed by atoms with Crippen LogP contribution in [0.5, 0.6) is 0 Å². The molecule has 5 nitrogen and oxygen atoms in total. The van der Waals surface area contributed by atoms with Gasteiger partial charge in [0.2, 0.25) is 0 Å². The molecular formula is C22H29N3O2.